The summed E-state index contributed by atoms with van der Waals surface area (Å²) in [4.78, 5) is 38.4. The smallest absolute Gasteiger partial charge is 0.317 e. The molecule has 1 aromatic rings. The zero-order valence-corrected chi connectivity index (χ0v) is 14.3. The van der Waals surface area contributed by atoms with Crippen molar-refractivity contribution in [3.8, 4) is 11.5 Å². The van der Waals surface area contributed by atoms with Gasteiger partial charge in [0.15, 0.2) is 11.5 Å². The number of benzene rings is 1. The van der Waals surface area contributed by atoms with Crippen LogP contribution in [0.5, 0.6) is 11.5 Å². The van der Waals surface area contributed by atoms with Gasteiger partial charge in [0, 0.05) is 32.5 Å². The zero-order valence-electron chi connectivity index (χ0n) is 14.3. The van der Waals surface area contributed by atoms with E-state index in [4.69, 9.17) is 9.47 Å². The molecule has 0 spiro atoms. The lowest BCUT2D eigenvalue weighted by molar-refractivity contribution is -0.144. The molecule has 0 unspecified atom stereocenters. The molecule has 4 amide bonds. The molecule has 8 heteroatoms. The van der Waals surface area contributed by atoms with Gasteiger partial charge in [0.1, 0.15) is 0 Å². The maximum absolute atomic E-state index is 12.2. The first-order valence-corrected chi connectivity index (χ1v) is 8.12. The number of likely N-dealkylation sites (tertiary alicyclic amines) is 2. The topological polar surface area (TPSA) is 88.2 Å². The summed E-state index contributed by atoms with van der Waals surface area (Å²) in [6.07, 6.45) is 0.557. The maximum atomic E-state index is 12.2. The molecule has 0 saturated carbocycles. The Morgan fingerprint density at radius 3 is 2.36 bits per heavy atom. The summed E-state index contributed by atoms with van der Waals surface area (Å²) in [6, 6.07) is 5.03. The van der Waals surface area contributed by atoms with E-state index in [0.717, 1.165) is 5.56 Å². The van der Waals surface area contributed by atoms with Crippen LogP contribution >= 0.6 is 0 Å². The van der Waals surface area contributed by atoms with Gasteiger partial charge in [0.2, 0.25) is 11.8 Å². The molecule has 0 radical (unpaired) electrons. The van der Waals surface area contributed by atoms with E-state index in [1.807, 2.05) is 6.07 Å². The van der Waals surface area contributed by atoms with Gasteiger partial charge in [-0.25, -0.2) is 4.79 Å². The van der Waals surface area contributed by atoms with Crippen molar-refractivity contribution in [3.05, 3.63) is 23.8 Å². The van der Waals surface area contributed by atoms with Gasteiger partial charge in [-0.3, -0.25) is 14.5 Å². The van der Waals surface area contributed by atoms with Crippen molar-refractivity contribution < 1.29 is 23.9 Å². The fourth-order valence-electron chi connectivity index (χ4n) is 3.07. The van der Waals surface area contributed by atoms with Gasteiger partial charge >= 0.3 is 6.03 Å². The van der Waals surface area contributed by atoms with Crippen LogP contribution in [0.1, 0.15) is 18.4 Å². The monoisotopic (exact) mass is 347 g/mol. The van der Waals surface area contributed by atoms with Crippen LogP contribution in [0.4, 0.5) is 4.79 Å². The van der Waals surface area contributed by atoms with E-state index in [1.54, 1.807) is 31.3 Å². The number of nitrogens with zero attached hydrogens (tertiary/aromatic N) is 2. The summed E-state index contributed by atoms with van der Waals surface area (Å²) >= 11 is 0. The van der Waals surface area contributed by atoms with E-state index < -0.39 is 0 Å². The molecule has 2 aliphatic heterocycles. The predicted octanol–water partition coefficient (Wildman–Crippen LogP) is 0.747. The maximum Gasteiger partial charge on any atom is 0.317 e. The molecule has 2 aliphatic rings. The Morgan fingerprint density at radius 1 is 1.12 bits per heavy atom. The average Bonchev–Trinajstić information content (AvgIpc) is 2.90. The van der Waals surface area contributed by atoms with Crippen molar-refractivity contribution in [2.24, 2.45) is 0 Å². The standard InChI is InChI=1S/C17H21N3O5/c1-24-13-4-3-11(7-14(13)25-2)8-18-17(23)19-9-12(10-19)20-15(21)5-6-16(20)22/h3-4,7,12H,5-6,8-10H2,1-2H3,(H,18,23). The third-order valence-electron chi connectivity index (χ3n) is 4.50. The lowest BCUT2D eigenvalue weighted by Crippen LogP contribution is -2.63. The van der Waals surface area contributed by atoms with Crippen LogP contribution in [0, 0.1) is 0 Å². The molecule has 25 heavy (non-hydrogen) atoms. The first-order valence-electron chi connectivity index (χ1n) is 8.12. The first kappa shape index (κ1) is 17.1. The minimum absolute atomic E-state index is 0.139. The van der Waals surface area contributed by atoms with Gasteiger partial charge < -0.3 is 19.7 Å². The molecule has 2 fully saturated rings. The minimum atomic E-state index is -0.217. The molecule has 0 bridgehead atoms. The lowest BCUT2D eigenvalue weighted by Gasteiger charge is -2.42. The highest BCUT2D eigenvalue weighted by Crippen LogP contribution is 2.27. The number of amides is 4. The van der Waals surface area contributed by atoms with E-state index in [0.29, 0.717) is 31.1 Å². The Bertz CT molecular complexity index is 684. The number of carbonyl (C=O) groups excluding carboxylic acids is 3. The number of hydrogen-bond acceptors (Lipinski definition) is 5. The quantitative estimate of drug-likeness (QED) is 0.794. The van der Waals surface area contributed by atoms with E-state index in [-0.39, 0.29) is 36.7 Å². The SMILES string of the molecule is COc1ccc(CNC(=O)N2CC(N3C(=O)CCC3=O)C2)cc1OC. The second-order valence-corrected chi connectivity index (χ2v) is 6.06. The summed E-state index contributed by atoms with van der Waals surface area (Å²) in [5.74, 6) is 0.952. The molecule has 134 valence electrons. The number of rotatable bonds is 5. The Morgan fingerprint density at radius 2 is 1.76 bits per heavy atom. The molecule has 8 nitrogen and oxygen atoms in total. The Kier molecular flexibility index (Phi) is 4.78. The molecule has 0 atom stereocenters. The summed E-state index contributed by atoms with van der Waals surface area (Å²) in [5, 5.41) is 2.83. The largest absolute Gasteiger partial charge is 0.493 e. The molecular formula is C17H21N3O5. The van der Waals surface area contributed by atoms with E-state index in [1.165, 1.54) is 4.90 Å². The predicted molar refractivity (Wildman–Crippen MR) is 88.2 cm³/mol. The molecule has 0 aromatic heterocycles. The van der Waals surface area contributed by atoms with E-state index in [2.05, 4.69) is 5.32 Å². The molecule has 1 N–H and O–H groups in total. The number of imide groups is 1. The van der Waals surface area contributed by atoms with Gasteiger partial charge in [-0.05, 0) is 17.7 Å². The highest BCUT2D eigenvalue weighted by molar-refractivity contribution is 6.02. The first-order chi connectivity index (χ1) is 12.0. The molecule has 1 aromatic carbocycles. The summed E-state index contributed by atoms with van der Waals surface area (Å²) in [6.45, 7) is 1.12. The molecule has 0 aliphatic carbocycles. The fourth-order valence-corrected chi connectivity index (χ4v) is 3.07. The number of methoxy groups -OCH3 is 2. The number of nitrogens with one attached hydrogen (secondary N) is 1. The molecule has 2 saturated heterocycles. The summed E-state index contributed by atoms with van der Waals surface area (Å²) < 4.78 is 10.4. The number of hydrogen-bond donors (Lipinski definition) is 1. The van der Waals surface area contributed by atoms with Crippen molar-refractivity contribution in [2.45, 2.75) is 25.4 Å². The number of ether oxygens (including phenoxy) is 2. The van der Waals surface area contributed by atoms with Crippen LogP contribution in [0.2, 0.25) is 0 Å². The Labute approximate surface area is 145 Å². The number of carbonyl (C=O) groups is 3. The molecular weight excluding hydrogens is 326 g/mol. The molecule has 2 heterocycles. The van der Waals surface area contributed by atoms with Crippen LogP contribution in [0.3, 0.4) is 0 Å². The second-order valence-electron chi connectivity index (χ2n) is 6.06. The summed E-state index contributed by atoms with van der Waals surface area (Å²) in [7, 11) is 3.12. The Hall–Kier alpha value is -2.77. The van der Waals surface area contributed by atoms with Crippen LogP contribution in [-0.2, 0) is 16.1 Å². The van der Waals surface area contributed by atoms with Gasteiger partial charge in [-0.2, -0.15) is 0 Å². The van der Waals surface area contributed by atoms with Crippen LogP contribution < -0.4 is 14.8 Å². The van der Waals surface area contributed by atoms with E-state index >= 15 is 0 Å². The van der Waals surface area contributed by atoms with Crippen LogP contribution in [0.25, 0.3) is 0 Å². The van der Waals surface area contributed by atoms with Crippen LogP contribution in [-0.4, -0.2) is 61.0 Å². The highest BCUT2D eigenvalue weighted by atomic mass is 16.5. The fraction of sp³-hybridized carbons (Fsp3) is 0.471. The zero-order chi connectivity index (χ0) is 18.0. The second kappa shape index (κ2) is 7.00. The third-order valence-corrected chi connectivity index (χ3v) is 4.50. The minimum Gasteiger partial charge on any atom is -0.493 e. The van der Waals surface area contributed by atoms with Gasteiger partial charge in [0.25, 0.3) is 0 Å². The van der Waals surface area contributed by atoms with E-state index in [9.17, 15) is 14.4 Å². The lowest BCUT2D eigenvalue weighted by atomic mass is 10.1. The molecule has 3 rings (SSSR count). The average molecular weight is 347 g/mol. The van der Waals surface area contributed by atoms with Crippen LogP contribution in [0.15, 0.2) is 18.2 Å². The summed E-state index contributed by atoms with van der Waals surface area (Å²) in [5.41, 5.74) is 0.882. The number of urea groups is 1. The van der Waals surface area contributed by atoms with Crippen molar-refractivity contribution in [1.82, 2.24) is 15.1 Å². The Balaban J connectivity index is 1.49. The van der Waals surface area contributed by atoms with Gasteiger partial charge in [0.05, 0.1) is 20.3 Å². The highest BCUT2D eigenvalue weighted by Gasteiger charge is 2.42. The third kappa shape index (κ3) is 3.38. The van der Waals surface area contributed by atoms with Crippen molar-refractivity contribution in [3.63, 3.8) is 0 Å². The van der Waals surface area contributed by atoms with Gasteiger partial charge in [-0.15, -0.1) is 0 Å². The van der Waals surface area contributed by atoms with Crippen molar-refractivity contribution in [2.75, 3.05) is 27.3 Å². The van der Waals surface area contributed by atoms with Crippen molar-refractivity contribution >= 4 is 17.8 Å². The normalized spacial score (nSPS) is 17.5. The van der Waals surface area contributed by atoms with Gasteiger partial charge in [-0.1, -0.05) is 6.07 Å². The van der Waals surface area contributed by atoms with Crippen molar-refractivity contribution in [1.29, 1.82) is 0 Å².